The fraction of sp³-hybridized carbons (Fsp3) is 0.357. The summed E-state index contributed by atoms with van der Waals surface area (Å²) in [7, 11) is 3.64. The van der Waals surface area contributed by atoms with E-state index < -0.39 is 0 Å². The van der Waals surface area contributed by atoms with Gasteiger partial charge in [0.05, 0.1) is 7.11 Å². The van der Waals surface area contributed by atoms with E-state index in [-0.39, 0.29) is 6.04 Å². The van der Waals surface area contributed by atoms with Crippen LogP contribution in [0, 0.1) is 6.92 Å². The Morgan fingerprint density at radius 1 is 1.44 bits per heavy atom. The van der Waals surface area contributed by atoms with Crippen LogP contribution in [0.1, 0.15) is 23.0 Å². The molecule has 0 aliphatic heterocycles. The van der Waals surface area contributed by atoms with Gasteiger partial charge in [0.15, 0.2) is 0 Å². The van der Waals surface area contributed by atoms with Gasteiger partial charge in [-0.3, -0.25) is 0 Å². The Morgan fingerprint density at radius 3 is 2.83 bits per heavy atom. The maximum Gasteiger partial charge on any atom is 0.123 e. The Balaban J connectivity index is 2.25. The molecule has 4 heteroatoms. The summed E-state index contributed by atoms with van der Waals surface area (Å²) in [6.45, 7) is 2.05. The molecule has 4 nitrogen and oxygen atoms in total. The van der Waals surface area contributed by atoms with Crippen LogP contribution in [-0.4, -0.2) is 16.7 Å². The Bertz CT molecular complexity index is 534. The zero-order valence-corrected chi connectivity index (χ0v) is 11.1. The quantitative estimate of drug-likeness (QED) is 0.896. The molecule has 96 valence electrons. The minimum absolute atomic E-state index is 0.110. The molecule has 0 aliphatic rings. The number of aryl methyl sites for hydroxylation is 2. The van der Waals surface area contributed by atoms with Crippen molar-refractivity contribution in [2.45, 2.75) is 19.4 Å². The van der Waals surface area contributed by atoms with E-state index in [9.17, 15) is 0 Å². The van der Waals surface area contributed by atoms with Crippen molar-refractivity contribution < 1.29 is 4.74 Å². The van der Waals surface area contributed by atoms with Crippen molar-refractivity contribution in [3.05, 3.63) is 47.5 Å². The third-order valence-corrected chi connectivity index (χ3v) is 3.11. The van der Waals surface area contributed by atoms with Crippen molar-refractivity contribution in [1.29, 1.82) is 0 Å². The zero-order valence-electron chi connectivity index (χ0n) is 11.1. The Kier molecular flexibility index (Phi) is 3.67. The van der Waals surface area contributed by atoms with Crippen molar-refractivity contribution in [3.63, 3.8) is 0 Å². The van der Waals surface area contributed by atoms with Crippen molar-refractivity contribution in [3.8, 4) is 5.75 Å². The van der Waals surface area contributed by atoms with E-state index in [4.69, 9.17) is 10.5 Å². The molecular formula is C14H19N3O. The van der Waals surface area contributed by atoms with Gasteiger partial charge < -0.3 is 15.0 Å². The summed E-state index contributed by atoms with van der Waals surface area (Å²) in [5, 5.41) is 0. The molecule has 2 rings (SSSR count). The standard InChI is InChI=1S/C14H19N3O/c1-10-4-5-13(18-3)11(8-10)12(15)9-14-16-6-7-17(14)2/h4-8,12H,9,15H2,1-3H3. The van der Waals surface area contributed by atoms with E-state index in [1.807, 2.05) is 29.9 Å². The van der Waals surface area contributed by atoms with Crippen molar-refractivity contribution >= 4 is 0 Å². The lowest BCUT2D eigenvalue weighted by molar-refractivity contribution is 0.405. The number of aromatic nitrogens is 2. The van der Waals surface area contributed by atoms with Gasteiger partial charge >= 0.3 is 0 Å². The van der Waals surface area contributed by atoms with Gasteiger partial charge in [0.25, 0.3) is 0 Å². The van der Waals surface area contributed by atoms with Crippen LogP contribution in [0.5, 0.6) is 5.75 Å². The summed E-state index contributed by atoms with van der Waals surface area (Å²) in [6.07, 6.45) is 4.41. The number of benzene rings is 1. The van der Waals surface area contributed by atoms with E-state index in [2.05, 4.69) is 18.0 Å². The van der Waals surface area contributed by atoms with Gasteiger partial charge in [-0.1, -0.05) is 17.7 Å². The summed E-state index contributed by atoms with van der Waals surface area (Å²) in [5.74, 6) is 1.81. The average molecular weight is 245 g/mol. The third kappa shape index (κ3) is 2.54. The topological polar surface area (TPSA) is 53.1 Å². The SMILES string of the molecule is COc1ccc(C)cc1C(N)Cc1nccn1C. The highest BCUT2D eigenvalue weighted by Gasteiger charge is 2.14. The molecule has 0 aliphatic carbocycles. The average Bonchev–Trinajstić information content (AvgIpc) is 2.75. The molecule has 0 fully saturated rings. The van der Waals surface area contributed by atoms with Gasteiger partial charge in [-0.05, 0) is 13.0 Å². The van der Waals surface area contributed by atoms with Gasteiger partial charge in [0, 0.05) is 37.5 Å². The largest absolute Gasteiger partial charge is 0.496 e. The van der Waals surface area contributed by atoms with E-state index >= 15 is 0 Å². The van der Waals surface area contributed by atoms with E-state index in [1.165, 1.54) is 5.56 Å². The number of rotatable bonds is 4. The lowest BCUT2D eigenvalue weighted by Crippen LogP contribution is -2.16. The van der Waals surface area contributed by atoms with Crippen molar-refractivity contribution in [2.24, 2.45) is 12.8 Å². The lowest BCUT2D eigenvalue weighted by atomic mass is 10.0. The van der Waals surface area contributed by atoms with E-state index in [1.54, 1.807) is 13.3 Å². The number of imidazole rings is 1. The summed E-state index contributed by atoms with van der Waals surface area (Å²) in [5.41, 5.74) is 8.48. The summed E-state index contributed by atoms with van der Waals surface area (Å²) in [4.78, 5) is 4.30. The third-order valence-electron chi connectivity index (χ3n) is 3.11. The lowest BCUT2D eigenvalue weighted by Gasteiger charge is -2.16. The minimum atomic E-state index is -0.110. The first kappa shape index (κ1) is 12.6. The Morgan fingerprint density at radius 2 is 2.22 bits per heavy atom. The molecule has 0 bridgehead atoms. The molecule has 0 radical (unpaired) electrons. The van der Waals surface area contributed by atoms with Crippen molar-refractivity contribution in [1.82, 2.24) is 9.55 Å². The molecule has 1 atom stereocenters. The summed E-state index contributed by atoms with van der Waals surface area (Å²) < 4.78 is 7.35. The van der Waals surface area contributed by atoms with Gasteiger partial charge in [-0.2, -0.15) is 0 Å². The van der Waals surface area contributed by atoms with E-state index in [0.717, 1.165) is 17.1 Å². The van der Waals surface area contributed by atoms with E-state index in [0.29, 0.717) is 6.42 Å². The molecular weight excluding hydrogens is 226 g/mol. The fourth-order valence-electron chi connectivity index (χ4n) is 2.04. The summed E-state index contributed by atoms with van der Waals surface area (Å²) in [6, 6.07) is 5.95. The molecule has 0 saturated heterocycles. The normalized spacial score (nSPS) is 12.4. The minimum Gasteiger partial charge on any atom is -0.496 e. The second-order valence-corrected chi connectivity index (χ2v) is 4.51. The highest BCUT2D eigenvalue weighted by Crippen LogP contribution is 2.26. The molecule has 0 saturated carbocycles. The smallest absolute Gasteiger partial charge is 0.123 e. The van der Waals surface area contributed by atoms with Crippen molar-refractivity contribution in [2.75, 3.05) is 7.11 Å². The molecule has 0 amide bonds. The van der Waals surface area contributed by atoms with Gasteiger partial charge in [-0.15, -0.1) is 0 Å². The van der Waals surface area contributed by atoms with Crippen LogP contribution >= 0.6 is 0 Å². The maximum absolute atomic E-state index is 6.27. The highest BCUT2D eigenvalue weighted by atomic mass is 16.5. The fourth-order valence-corrected chi connectivity index (χ4v) is 2.04. The first-order valence-corrected chi connectivity index (χ1v) is 5.98. The van der Waals surface area contributed by atoms with Crippen LogP contribution in [0.25, 0.3) is 0 Å². The Hall–Kier alpha value is -1.81. The monoisotopic (exact) mass is 245 g/mol. The van der Waals surface area contributed by atoms with Crippen LogP contribution < -0.4 is 10.5 Å². The number of hydrogen-bond donors (Lipinski definition) is 1. The first-order valence-electron chi connectivity index (χ1n) is 5.98. The van der Waals surface area contributed by atoms with Gasteiger partial charge in [0.1, 0.15) is 11.6 Å². The molecule has 2 aromatic rings. The molecule has 0 spiro atoms. The predicted molar refractivity (Wildman–Crippen MR) is 71.6 cm³/mol. The number of hydrogen-bond acceptors (Lipinski definition) is 3. The molecule has 18 heavy (non-hydrogen) atoms. The van der Waals surface area contributed by atoms with Gasteiger partial charge in [-0.25, -0.2) is 4.98 Å². The predicted octanol–water partition coefficient (Wildman–Crippen LogP) is 1.98. The second kappa shape index (κ2) is 5.23. The number of ether oxygens (including phenoxy) is 1. The van der Waals surface area contributed by atoms with Crippen LogP contribution in [0.4, 0.5) is 0 Å². The van der Waals surface area contributed by atoms with Gasteiger partial charge in [0.2, 0.25) is 0 Å². The molecule has 1 aromatic carbocycles. The molecule has 1 heterocycles. The zero-order chi connectivity index (χ0) is 13.1. The number of methoxy groups -OCH3 is 1. The Labute approximate surface area is 107 Å². The van der Waals surface area contributed by atoms with Crippen LogP contribution in [0.15, 0.2) is 30.6 Å². The molecule has 2 N–H and O–H groups in total. The molecule has 1 unspecified atom stereocenters. The number of nitrogens with two attached hydrogens (primary N) is 1. The van der Waals surface area contributed by atoms with Crippen LogP contribution in [0.3, 0.4) is 0 Å². The second-order valence-electron chi connectivity index (χ2n) is 4.51. The maximum atomic E-state index is 6.27. The summed E-state index contributed by atoms with van der Waals surface area (Å²) >= 11 is 0. The molecule has 1 aromatic heterocycles. The highest BCUT2D eigenvalue weighted by molar-refractivity contribution is 5.39. The van der Waals surface area contributed by atoms with Crippen LogP contribution in [-0.2, 0) is 13.5 Å². The first-order chi connectivity index (χ1) is 8.61. The van der Waals surface area contributed by atoms with Crippen LogP contribution in [0.2, 0.25) is 0 Å². The number of nitrogens with zero attached hydrogens (tertiary/aromatic N) is 2.